The number of anilines is 1. The third kappa shape index (κ3) is 10.8. The maximum atomic E-state index is 12.0. The maximum absolute atomic E-state index is 12.0. The number of esters is 1. The van der Waals surface area contributed by atoms with Crippen LogP contribution in [-0.4, -0.2) is 68.2 Å². The number of benzene rings is 2. The van der Waals surface area contributed by atoms with Crippen LogP contribution in [0, 0.1) is 10.1 Å². The van der Waals surface area contributed by atoms with Gasteiger partial charge < -0.3 is 19.9 Å². The number of nitrogens with zero attached hydrogens (tertiary/aromatic N) is 5. The normalized spacial score (nSPS) is 11.3. The molecule has 0 radical (unpaired) electrons. The Morgan fingerprint density at radius 1 is 1.03 bits per heavy atom. The van der Waals surface area contributed by atoms with E-state index >= 15 is 0 Å². The molecule has 0 spiro atoms. The number of rotatable bonds is 17. The van der Waals surface area contributed by atoms with Gasteiger partial charge in [0.1, 0.15) is 12.3 Å². The van der Waals surface area contributed by atoms with Crippen molar-refractivity contribution in [1.82, 2.24) is 10.2 Å². The van der Waals surface area contributed by atoms with Gasteiger partial charge in [-0.3, -0.25) is 14.9 Å². The molecule has 1 N–H and O–H groups in total. The number of hydrogen-bond donors (Lipinski definition) is 1. The number of nitrogens with one attached hydrogen (secondary N) is 1. The van der Waals surface area contributed by atoms with Gasteiger partial charge in [-0.2, -0.15) is 5.11 Å². The van der Waals surface area contributed by atoms with E-state index < -0.39 is 4.92 Å². The molecule has 202 valence electrons. The summed E-state index contributed by atoms with van der Waals surface area (Å²) in [7, 11) is 0. The lowest BCUT2D eigenvalue weighted by molar-refractivity contribution is -0.384. The first-order valence-electron chi connectivity index (χ1n) is 12.7. The van der Waals surface area contributed by atoms with Crippen molar-refractivity contribution in [3.05, 3.63) is 57.6 Å². The quantitative estimate of drug-likeness (QED) is 0.0907. The molecule has 0 aromatic heterocycles. The van der Waals surface area contributed by atoms with E-state index in [9.17, 15) is 14.9 Å². The highest BCUT2D eigenvalue weighted by molar-refractivity contribution is 6.33. The smallest absolute Gasteiger partial charge is 0.307 e. The molecule has 2 rings (SSSR count). The highest BCUT2D eigenvalue weighted by Gasteiger charge is 2.10. The van der Waals surface area contributed by atoms with Crippen molar-refractivity contribution in [2.75, 3.05) is 57.3 Å². The van der Waals surface area contributed by atoms with Gasteiger partial charge in [0, 0.05) is 30.9 Å². The molecule has 0 saturated carbocycles. The van der Waals surface area contributed by atoms with E-state index in [1.54, 1.807) is 0 Å². The molecule has 10 nitrogen and oxygen atoms in total. The number of ether oxygens (including phenoxy) is 1. The standard InChI is InChI=1S/C26H37ClN6O4/c1-4-31(5-2)17-7-15-28-16-14-26(34)37-19-18-32(6-3)22-10-8-21(9-11-22)29-30-25-13-12-23(33(35)36)20-24(25)27/h8-13,20,28H,4-7,14-19H2,1-3H3/b30-29+. The molecule has 11 heteroatoms. The number of hydrogen-bond acceptors (Lipinski definition) is 9. The minimum Gasteiger partial charge on any atom is -0.464 e. The molecule has 0 atom stereocenters. The summed E-state index contributed by atoms with van der Waals surface area (Å²) < 4.78 is 5.40. The van der Waals surface area contributed by atoms with Crippen LogP contribution in [0.4, 0.5) is 22.7 Å². The number of non-ortho nitro benzene ring substituents is 1. The van der Waals surface area contributed by atoms with Crippen molar-refractivity contribution in [2.45, 2.75) is 33.6 Å². The van der Waals surface area contributed by atoms with E-state index in [0.29, 0.717) is 37.5 Å². The van der Waals surface area contributed by atoms with Gasteiger partial charge in [-0.15, -0.1) is 5.11 Å². The van der Waals surface area contributed by atoms with Crippen molar-refractivity contribution in [3.8, 4) is 0 Å². The number of nitro groups is 1. The maximum Gasteiger partial charge on any atom is 0.307 e. The van der Waals surface area contributed by atoms with Gasteiger partial charge in [0.05, 0.1) is 28.6 Å². The highest BCUT2D eigenvalue weighted by Crippen LogP contribution is 2.30. The van der Waals surface area contributed by atoms with Crippen molar-refractivity contribution in [1.29, 1.82) is 0 Å². The Morgan fingerprint density at radius 2 is 1.76 bits per heavy atom. The van der Waals surface area contributed by atoms with Crippen molar-refractivity contribution >= 4 is 40.3 Å². The summed E-state index contributed by atoms with van der Waals surface area (Å²) in [5.74, 6) is -0.201. The van der Waals surface area contributed by atoms with Crippen LogP contribution >= 0.6 is 11.6 Å². The predicted molar refractivity (Wildman–Crippen MR) is 147 cm³/mol. The Balaban J connectivity index is 1.73. The molecule has 0 aliphatic carbocycles. The van der Waals surface area contributed by atoms with E-state index in [2.05, 4.69) is 39.2 Å². The fourth-order valence-electron chi connectivity index (χ4n) is 3.63. The van der Waals surface area contributed by atoms with Gasteiger partial charge >= 0.3 is 5.97 Å². The van der Waals surface area contributed by atoms with Crippen LogP contribution in [0.15, 0.2) is 52.7 Å². The van der Waals surface area contributed by atoms with Crippen molar-refractivity contribution < 1.29 is 14.5 Å². The van der Waals surface area contributed by atoms with Crippen LogP contribution in [0.1, 0.15) is 33.6 Å². The van der Waals surface area contributed by atoms with Crippen LogP contribution in [0.2, 0.25) is 5.02 Å². The van der Waals surface area contributed by atoms with Gasteiger partial charge in [-0.1, -0.05) is 25.4 Å². The molecule has 0 fully saturated rings. The van der Waals surface area contributed by atoms with Crippen LogP contribution in [0.25, 0.3) is 0 Å². The zero-order valence-electron chi connectivity index (χ0n) is 21.9. The Kier molecular flexibility index (Phi) is 13.5. The van der Waals surface area contributed by atoms with Crippen LogP contribution in [-0.2, 0) is 9.53 Å². The minimum absolute atomic E-state index is 0.100. The Bertz CT molecular complexity index is 1010. The van der Waals surface area contributed by atoms with E-state index in [4.69, 9.17) is 16.3 Å². The van der Waals surface area contributed by atoms with Gasteiger partial charge in [0.25, 0.3) is 5.69 Å². The number of nitro benzene ring substituents is 1. The zero-order chi connectivity index (χ0) is 27.0. The monoisotopic (exact) mass is 532 g/mol. The second-order valence-corrected chi connectivity index (χ2v) is 8.70. The lowest BCUT2D eigenvalue weighted by atomic mass is 10.2. The zero-order valence-corrected chi connectivity index (χ0v) is 22.6. The Labute approximate surface area is 223 Å². The predicted octanol–water partition coefficient (Wildman–Crippen LogP) is 5.74. The molecule has 2 aromatic rings. The molecular weight excluding hydrogens is 496 g/mol. The average Bonchev–Trinajstić information content (AvgIpc) is 2.90. The molecule has 0 saturated heterocycles. The van der Waals surface area contributed by atoms with Crippen LogP contribution in [0.5, 0.6) is 0 Å². The number of carbonyl (C=O) groups is 1. The molecule has 0 aliphatic heterocycles. The summed E-state index contributed by atoms with van der Waals surface area (Å²) in [6.45, 7) is 12.7. The summed E-state index contributed by atoms with van der Waals surface area (Å²) in [5, 5.41) is 22.5. The summed E-state index contributed by atoms with van der Waals surface area (Å²) in [4.78, 5) is 26.8. The van der Waals surface area contributed by atoms with E-state index in [0.717, 1.165) is 44.8 Å². The van der Waals surface area contributed by atoms with Gasteiger partial charge in [0.15, 0.2) is 0 Å². The Morgan fingerprint density at radius 3 is 2.38 bits per heavy atom. The third-order valence-electron chi connectivity index (χ3n) is 5.86. The summed E-state index contributed by atoms with van der Waals surface area (Å²) in [6.07, 6.45) is 1.42. The SMILES string of the molecule is CCN(CC)CCCNCCC(=O)OCCN(CC)c1ccc(/N=N/c2ccc([N+](=O)[O-])cc2Cl)cc1. The molecule has 2 aromatic carbocycles. The molecule has 0 unspecified atom stereocenters. The van der Waals surface area contributed by atoms with Gasteiger partial charge in [0.2, 0.25) is 0 Å². The molecule has 37 heavy (non-hydrogen) atoms. The van der Waals surface area contributed by atoms with Gasteiger partial charge in [-0.25, -0.2) is 0 Å². The molecule has 0 amide bonds. The first kappa shape index (κ1) is 30.1. The third-order valence-corrected chi connectivity index (χ3v) is 6.17. The first-order valence-corrected chi connectivity index (χ1v) is 13.0. The van der Waals surface area contributed by atoms with E-state index in [1.165, 1.54) is 18.2 Å². The lowest BCUT2D eigenvalue weighted by Gasteiger charge is -2.23. The fourth-order valence-corrected chi connectivity index (χ4v) is 3.84. The number of carbonyl (C=O) groups excluding carboxylic acids is 1. The average molecular weight is 533 g/mol. The van der Waals surface area contributed by atoms with E-state index in [1.807, 2.05) is 31.2 Å². The van der Waals surface area contributed by atoms with Crippen LogP contribution in [0.3, 0.4) is 0 Å². The molecule has 0 heterocycles. The number of halogens is 1. The first-order chi connectivity index (χ1) is 17.9. The second kappa shape index (κ2) is 16.6. The minimum atomic E-state index is -0.514. The number of azo groups is 1. The number of likely N-dealkylation sites (N-methyl/N-ethyl adjacent to an activating group) is 1. The summed E-state index contributed by atoms with van der Waals surface area (Å²) >= 11 is 6.06. The largest absolute Gasteiger partial charge is 0.464 e. The molecular formula is C26H37ClN6O4. The summed E-state index contributed by atoms with van der Waals surface area (Å²) in [5.41, 5.74) is 1.84. The molecule has 0 bridgehead atoms. The van der Waals surface area contributed by atoms with Crippen LogP contribution < -0.4 is 10.2 Å². The van der Waals surface area contributed by atoms with Crippen molar-refractivity contribution in [3.63, 3.8) is 0 Å². The topological polar surface area (TPSA) is 113 Å². The van der Waals surface area contributed by atoms with Gasteiger partial charge in [-0.05, 0) is 69.9 Å². The summed E-state index contributed by atoms with van der Waals surface area (Å²) in [6, 6.07) is 11.5. The molecule has 0 aliphatic rings. The van der Waals surface area contributed by atoms with E-state index in [-0.39, 0.29) is 16.7 Å². The second-order valence-electron chi connectivity index (χ2n) is 8.29. The fraction of sp³-hybridized carbons (Fsp3) is 0.500. The highest BCUT2D eigenvalue weighted by atomic mass is 35.5. The lowest BCUT2D eigenvalue weighted by Crippen LogP contribution is -2.29. The van der Waals surface area contributed by atoms with Crippen molar-refractivity contribution in [2.24, 2.45) is 10.2 Å². The Hall–Kier alpha value is -3.08.